The molecule has 0 saturated carbocycles. The van der Waals surface area contributed by atoms with Gasteiger partial charge in [0.2, 0.25) is 5.91 Å². The van der Waals surface area contributed by atoms with Crippen molar-refractivity contribution in [1.82, 2.24) is 15.2 Å². The fraction of sp³-hybridized carbons (Fsp3) is 0.238. The highest BCUT2D eigenvalue weighted by Crippen LogP contribution is 2.36. The predicted octanol–water partition coefficient (Wildman–Crippen LogP) is 4.30. The number of carbonyl (C=O) groups is 2. The van der Waals surface area contributed by atoms with Gasteiger partial charge in [0, 0.05) is 44.0 Å². The first-order chi connectivity index (χ1) is 14.9. The molecule has 1 aliphatic heterocycles. The zero-order chi connectivity index (χ0) is 22.0. The van der Waals surface area contributed by atoms with Crippen molar-refractivity contribution < 1.29 is 18.7 Å². The molecule has 0 aliphatic carbocycles. The van der Waals surface area contributed by atoms with Crippen LogP contribution in [0.1, 0.15) is 29.4 Å². The molecule has 0 unspecified atom stereocenters. The second-order valence-corrected chi connectivity index (χ2v) is 8.48. The number of pyridine rings is 1. The van der Waals surface area contributed by atoms with Gasteiger partial charge >= 0.3 is 0 Å². The first-order valence-corrected chi connectivity index (χ1v) is 10.9. The molecule has 2 N–H and O–H groups in total. The summed E-state index contributed by atoms with van der Waals surface area (Å²) >= 11 is 6.27. The smallest absolute Gasteiger partial charge is 0.264 e. The van der Waals surface area contributed by atoms with Crippen molar-refractivity contribution in [2.45, 2.75) is 19.8 Å². The van der Waals surface area contributed by atoms with E-state index in [9.17, 15) is 14.0 Å². The number of anilines is 1. The lowest BCUT2D eigenvalue weighted by atomic mass is 10.3. The van der Waals surface area contributed by atoms with Crippen LogP contribution in [0.15, 0.2) is 36.5 Å². The average Bonchev–Trinajstić information content (AvgIpc) is 3.39. The van der Waals surface area contributed by atoms with Crippen molar-refractivity contribution in [1.29, 1.82) is 0 Å². The molecule has 2 amide bonds. The number of fused-ring (bicyclic) bond motifs is 1. The van der Waals surface area contributed by atoms with Crippen molar-refractivity contribution >= 4 is 56.4 Å². The molecule has 7 nitrogen and oxygen atoms in total. The molecule has 160 valence electrons. The van der Waals surface area contributed by atoms with Crippen LogP contribution in [0.5, 0.6) is 11.5 Å². The van der Waals surface area contributed by atoms with Crippen LogP contribution in [0, 0.1) is 5.82 Å². The SMILES string of the molecule is CC(=O)NC(=S)Nc1ccc(Oc2ccnc3cc(C(=O)N4CCCC4)sc23)c(F)c1. The zero-order valence-electron chi connectivity index (χ0n) is 16.6. The van der Waals surface area contributed by atoms with Crippen LogP contribution in [0.25, 0.3) is 10.2 Å². The van der Waals surface area contributed by atoms with Crippen LogP contribution in [-0.4, -0.2) is 39.9 Å². The van der Waals surface area contributed by atoms with Gasteiger partial charge in [0.1, 0.15) is 5.75 Å². The Bertz CT molecular complexity index is 1170. The molecule has 1 fully saturated rings. The summed E-state index contributed by atoms with van der Waals surface area (Å²) in [6, 6.07) is 7.66. The lowest BCUT2D eigenvalue weighted by molar-refractivity contribution is -0.117. The Kier molecular flexibility index (Phi) is 6.10. The molecule has 31 heavy (non-hydrogen) atoms. The van der Waals surface area contributed by atoms with Crippen LogP contribution >= 0.6 is 23.6 Å². The number of likely N-dealkylation sites (tertiary alicyclic amines) is 1. The summed E-state index contributed by atoms with van der Waals surface area (Å²) in [5, 5.41) is 5.21. The first kappa shape index (κ1) is 21.1. The summed E-state index contributed by atoms with van der Waals surface area (Å²) in [5.74, 6) is -0.500. The van der Waals surface area contributed by atoms with E-state index >= 15 is 0 Å². The Labute approximate surface area is 187 Å². The van der Waals surface area contributed by atoms with Crippen LogP contribution in [-0.2, 0) is 4.79 Å². The van der Waals surface area contributed by atoms with E-state index in [4.69, 9.17) is 17.0 Å². The number of thiophene rings is 1. The molecule has 3 aromatic rings. The number of rotatable bonds is 4. The molecule has 10 heteroatoms. The third-order valence-corrected chi connectivity index (χ3v) is 6.01. The molecule has 0 radical (unpaired) electrons. The Morgan fingerprint density at radius 1 is 1.19 bits per heavy atom. The Morgan fingerprint density at radius 2 is 1.97 bits per heavy atom. The standard InChI is InChI=1S/C21H19FN4O3S2/c1-12(27)24-21(30)25-13-4-5-16(14(22)10-13)29-17-6-7-23-15-11-18(31-19(15)17)20(28)26-8-2-3-9-26/h4-7,10-11H,2-3,8-9H2,1H3,(H2,24,25,27,30). The Balaban J connectivity index is 1.55. The summed E-state index contributed by atoms with van der Waals surface area (Å²) in [5.41, 5.74) is 1.00. The average molecular weight is 459 g/mol. The highest BCUT2D eigenvalue weighted by molar-refractivity contribution is 7.80. The number of hydrogen-bond donors (Lipinski definition) is 2. The van der Waals surface area contributed by atoms with Gasteiger partial charge in [0.15, 0.2) is 16.7 Å². The summed E-state index contributed by atoms with van der Waals surface area (Å²) in [4.78, 5) is 30.5. The molecule has 4 rings (SSSR count). The number of nitrogens with one attached hydrogen (secondary N) is 2. The maximum absolute atomic E-state index is 14.6. The van der Waals surface area contributed by atoms with Crippen molar-refractivity contribution in [2.24, 2.45) is 0 Å². The Morgan fingerprint density at radius 3 is 2.68 bits per heavy atom. The monoisotopic (exact) mass is 458 g/mol. The lowest BCUT2D eigenvalue weighted by Crippen LogP contribution is -2.32. The summed E-state index contributed by atoms with van der Waals surface area (Å²) in [6.07, 6.45) is 3.60. The molecule has 0 bridgehead atoms. The molecule has 1 aliphatic rings. The molecular formula is C21H19FN4O3S2. The van der Waals surface area contributed by atoms with Gasteiger partial charge in [0.25, 0.3) is 5.91 Å². The van der Waals surface area contributed by atoms with Gasteiger partial charge in [-0.15, -0.1) is 11.3 Å². The van der Waals surface area contributed by atoms with Crippen LogP contribution in [0.4, 0.5) is 10.1 Å². The molecule has 3 heterocycles. The van der Waals surface area contributed by atoms with Crippen molar-refractivity contribution in [3.05, 3.63) is 47.2 Å². The number of aromatic nitrogens is 1. The first-order valence-electron chi connectivity index (χ1n) is 9.64. The maximum atomic E-state index is 14.6. The fourth-order valence-corrected chi connectivity index (χ4v) is 4.57. The minimum atomic E-state index is -0.606. The van der Waals surface area contributed by atoms with E-state index in [1.807, 2.05) is 4.90 Å². The van der Waals surface area contributed by atoms with E-state index in [0.717, 1.165) is 25.9 Å². The second kappa shape index (κ2) is 8.94. The molecule has 2 aromatic heterocycles. The summed E-state index contributed by atoms with van der Waals surface area (Å²) < 4.78 is 21.1. The largest absolute Gasteiger partial charge is 0.453 e. The zero-order valence-corrected chi connectivity index (χ0v) is 18.2. The normalized spacial score (nSPS) is 13.3. The van der Waals surface area contributed by atoms with Crippen LogP contribution < -0.4 is 15.4 Å². The van der Waals surface area contributed by atoms with Crippen molar-refractivity contribution in [3.63, 3.8) is 0 Å². The number of benzene rings is 1. The summed E-state index contributed by atoms with van der Waals surface area (Å²) in [6.45, 7) is 2.86. The minimum absolute atomic E-state index is 0.0109. The highest BCUT2D eigenvalue weighted by Gasteiger charge is 2.22. The third kappa shape index (κ3) is 4.80. The Hall–Kier alpha value is -3.11. The van der Waals surface area contributed by atoms with Crippen LogP contribution in [0.2, 0.25) is 0 Å². The van der Waals surface area contributed by atoms with Gasteiger partial charge in [0.05, 0.1) is 15.1 Å². The fourth-order valence-electron chi connectivity index (χ4n) is 3.28. The number of thiocarbonyl (C=S) groups is 1. The van der Waals surface area contributed by atoms with Gasteiger partial charge in [-0.2, -0.15) is 0 Å². The number of nitrogens with zero attached hydrogens (tertiary/aromatic N) is 2. The number of carbonyl (C=O) groups excluding carboxylic acids is 2. The number of ether oxygens (including phenoxy) is 1. The third-order valence-electron chi connectivity index (χ3n) is 4.68. The lowest BCUT2D eigenvalue weighted by Gasteiger charge is -2.13. The molecular weight excluding hydrogens is 439 g/mol. The van der Waals surface area contributed by atoms with E-state index in [-0.39, 0.29) is 22.7 Å². The van der Waals surface area contributed by atoms with E-state index in [0.29, 0.717) is 26.5 Å². The molecule has 1 aromatic carbocycles. The predicted molar refractivity (Wildman–Crippen MR) is 121 cm³/mol. The van der Waals surface area contributed by atoms with E-state index in [2.05, 4.69) is 15.6 Å². The number of hydrogen-bond acceptors (Lipinski definition) is 6. The minimum Gasteiger partial charge on any atom is -0.453 e. The second-order valence-electron chi connectivity index (χ2n) is 7.02. The molecule has 1 saturated heterocycles. The summed E-state index contributed by atoms with van der Waals surface area (Å²) in [7, 11) is 0. The van der Waals surface area contributed by atoms with Gasteiger partial charge in [-0.05, 0) is 43.3 Å². The van der Waals surface area contributed by atoms with E-state index in [1.165, 1.54) is 30.4 Å². The molecule has 0 atom stereocenters. The highest BCUT2D eigenvalue weighted by atomic mass is 32.1. The maximum Gasteiger partial charge on any atom is 0.264 e. The van der Waals surface area contributed by atoms with E-state index in [1.54, 1.807) is 24.4 Å². The van der Waals surface area contributed by atoms with Crippen molar-refractivity contribution in [3.8, 4) is 11.5 Å². The van der Waals surface area contributed by atoms with Gasteiger partial charge < -0.3 is 20.3 Å². The van der Waals surface area contributed by atoms with Crippen molar-refractivity contribution in [2.75, 3.05) is 18.4 Å². The van der Waals surface area contributed by atoms with Crippen LogP contribution in [0.3, 0.4) is 0 Å². The quantitative estimate of drug-likeness (QED) is 0.568. The van der Waals surface area contributed by atoms with Gasteiger partial charge in [-0.25, -0.2) is 4.39 Å². The number of amides is 2. The topological polar surface area (TPSA) is 83.6 Å². The molecule has 0 spiro atoms. The number of halogens is 1. The van der Waals surface area contributed by atoms with Gasteiger partial charge in [-0.3, -0.25) is 14.6 Å². The van der Waals surface area contributed by atoms with E-state index < -0.39 is 5.82 Å². The van der Waals surface area contributed by atoms with Gasteiger partial charge in [-0.1, -0.05) is 0 Å².